The Balaban J connectivity index is 0.992. The maximum atomic E-state index is 13.9. The molecule has 20 atom stereocenters. The topological polar surface area (TPSA) is 161 Å². The van der Waals surface area contributed by atoms with Crippen LogP contribution in [0.2, 0.25) is 0 Å². The normalized spacial score (nSPS) is 53.8. The van der Waals surface area contributed by atoms with Gasteiger partial charge in [-0.2, -0.15) is 0 Å². The van der Waals surface area contributed by atoms with Gasteiger partial charge in [-0.3, -0.25) is 4.79 Å². The number of hydrogen-bond acceptors (Lipinski definition) is 13. The maximum absolute atomic E-state index is 13.9. The van der Waals surface area contributed by atoms with Crippen LogP contribution in [0.5, 0.6) is 0 Å². The van der Waals surface area contributed by atoms with Gasteiger partial charge in [-0.1, -0.05) is 27.0 Å². The molecule has 9 aliphatic rings. The van der Waals surface area contributed by atoms with Crippen molar-refractivity contribution < 1.29 is 62.7 Å². The van der Waals surface area contributed by atoms with Crippen molar-refractivity contribution in [1.82, 2.24) is 0 Å². The summed E-state index contributed by atoms with van der Waals surface area (Å²) in [6.07, 6.45) is 0.566. The van der Waals surface area contributed by atoms with E-state index in [4.69, 9.17) is 42.6 Å². The van der Waals surface area contributed by atoms with Gasteiger partial charge in [0.1, 0.15) is 24.4 Å². The van der Waals surface area contributed by atoms with Crippen molar-refractivity contribution in [2.75, 3.05) is 6.61 Å². The number of ether oxygens (including phenoxy) is 9. The number of aliphatic hydroxyl groups excluding tert-OH is 3. The lowest BCUT2D eigenvalue weighted by Crippen LogP contribution is -2.62. The van der Waals surface area contributed by atoms with Crippen LogP contribution in [0.4, 0.5) is 0 Å². The minimum atomic E-state index is -0.976. The summed E-state index contributed by atoms with van der Waals surface area (Å²) >= 11 is 0. The highest BCUT2D eigenvalue weighted by atomic mass is 16.7. The summed E-state index contributed by atoms with van der Waals surface area (Å²) in [5, 5.41) is 31.8. The molecular weight excluding hydrogens is 700 g/mol. The summed E-state index contributed by atoms with van der Waals surface area (Å²) in [5.41, 5.74) is 2.09. The molecule has 10 bridgehead atoms. The minimum absolute atomic E-state index is 0.0193. The molecule has 1 spiro atoms. The Labute approximate surface area is 317 Å². The molecule has 9 fully saturated rings. The van der Waals surface area contributed by atoms with Gasteiger partial charge in [0.15, 0.2) is 5.79 Å². The second-order valence-electron chi connectivity index (χ2n) is 17.9. The van der Waals surface area contributed by atoms with Gasteiger partial charge in [0.2, 0.25) is 0 Å². The molecule has 0 amide bonds. The number of rotatable bonds is 1. The predicted molar refractivity (Wildman–Crippen MR) is 190 cm³/mol. The summed E-state index contributed by atoms with van der Waals surface area (Å²) in [5.74, 6) is -1.42. The van der Waals surface area contributed by atoms with E-state index in [0.29, 0.717) is 51.4 Å². The molecule has 9 aliphatic heterocycles. The molecule has 9 saturated heterocycles. The number of carbonyl (C=O) groups excluding carboxylic acids is 1. The number of hydrogen-bond donors (Lipinski definition) is 3. The van der Waals surface area contributed by atoms with E-state index in [2.05, 4.69) is 20.1 Å². The van der Waals surface area contributed by atoms with E-state index in [0.717, 1.165) is 36.8 Å². The van der Waals surface area contributed by atoms with E-state index in [9.17, 15) is 20.1 Å². The first-order chi connectivity index (χ1) is 26.0. The van der Waals surface area contributed by atoms with Crippen molar-refractivity contribution in [3.05, 3.63) is 24.3 Å². The summed E-state index contributed by atoms with van der Waals surface area (Å²) < 4.78 is 59.4. The van der Waals surface area contributed by atoms with E-state index >= 15 is 0 Å². The standard InChI is InChI=1S/C41H60O13/c1-19-11-23-5-7-28-20(2)12-25(46-28)9-10-41-17-27(44)39(54-41)33-16-34(53-41)40-29(49-33)8-6-24(48-40)13-36(45)52-38-22(4)37-31(14-26(43)35(18-42)51-37)50-32(38)15-30(47-23)21(19)3/h19,22-35,37-40,42-44H,2-3,5-18H2,1,4H3/t19-,22+,23+,24-,25+,26-,27-,28+,29+,30-,31+,32+,33-,34?,35-,37+,38-,39?,40+,41-/m1/s1. The zero-order valence-corrected chi connectivity index (χ0v) is 31.7. The van der Waals surface area contributed by atoms with Gasteiger partial charge < -0.3 is 58.0 Å². The Hall–Kier alpha value is -1.49. The van der Waals surface area contributed by atoms with Crippen molar-refractivity contribution in [2.24, 2.45) is 11.8 Å². The molecule has 3 N–H and O–H groups in total. The van der Waals surface area contributed by atoms with Crippen molar-refractivity contribution in [3.63, 3.8) is 0 Å². The molecule has 0 aromatic carbocycles. The Bertz CT molecular complexity index is 1420. The fourth-order valence-electron chi connectivity index (χ4n) is 11.2. The van der Waals surface area contributed by atoms with Crippen molar-refractivity contribution in [3.8, 4) is 0 Å². The minimum Gasteiger partial charge on any atom is -0.459 e. The average Bonchev–Trinajstić information content (AvgIpc) is 3.63. The Kier molecular flexibility index (Phi) is 10.6. The maximum Gasteiger partial charge on any atom is 0.308 e. The molecule has 0 aromatic rings. The van der Waals surface area contributed by atoms with Crippen LogP contribution in [-0.2, 0) is 47.4 Å². The van der Waals surface area contributed by atoms with Gasteiger partial charge in [-0.15, -0.1) is 0 Å². The highest BCUT2D eigenvalue weighted by Gasteiger charge is 2.60. The van der Waals surface area contributed by atoms with Crippen LogP contribution < -0.4 is 0 Å². The fraction of sp³-hybridized carbons (Fsp3) is 0.878. The number of fused-ring (bicyclic) bond motifs is 10. The average molecular weight is 761 g/mol. The molecule has 0 aromatic heterocycles. The summed E-state index contributed by atoms with van der Waals surface area (Å²) in [6, 6.07) is 0. The largest absolute Gasteiger partial charge is 0.459 e. The monoisotopic (exact) mass is 760 g/mol. The van der Waals surface area contributed by atoms with E-state index in [1.54, 1.807) is 0 Å². The van der Waals surface area contributed by atoms with Gasteiger partial charge in [0.05, 0.1) is 92.4 Å². The number of esters is 1. The molecule has 0 aliphatic carbocycles. The highest BCUT2D eigenvalue weighted by molar-refractivity contribution is 5.70. The van der Waals surface area contributed by atoms with Crippen LogP contribution in [0.3, 0.4) is 0 Å². The van der Waals surface area contributed by atoms with E-state index in [1.807, 2.05) is 6.92 Å². The van der Waals surface area contributed by atoms with Gasteiger partial charge in [-0.25, -0.2) is 0 Å². The molecule has 9 rings (SSSR count). The summed E-state index contributed by atoms with van der Waals surface area (Å²) in [6.45, 7) is 12.7. The third-order valence-corrected chi connectivity index (χ3v) is 14.2. The van der Waals surface area contributed by atoms with E-state index < -0.39 is 60.7 Å². The lowest BCUT2D eigenvalue weighted by molar-refractivity contribution is -0.281. The van der Waals surface area contributed by atoms with Crippen molar-refractivity contribution >= 4 is 5.97 Å². The lowest BCUT2D eigenvalue weighted by atomic mass is 9.79. The predicted octanol–water partition coefficient (Wildman–Crippen LogP) is 3.18. The first-order valence-electron chi connectivity index (χ1n) is 20.8. The zero-order chi connectivity index (χ0) is 37.5. The molecule has 13 nitrogen and oxygen atoms in total. The van der Waals surface area contributed by atoms with Gasteiger partial charge in [0.25, 0.3) is 0 Å². The van der Waals surface area contributed by atoms with Crippen LogP contribution in [0.25, 0.3) is 0 Å². The lowest BCUT2D eigenvalue weighted by Gasteiger charge is -2.51. The Morgan fingerprint density at radius 1 is 0.667 bits per heavy atom. The van der Waals surface area contributed by atoms with Crippen LogP contribution in [0.15, 0.2) is 24.3 Å². The quantitative estimate of drug-likeness (QED) is 0.265. The zero-order valence-electron chi connectivity index (χ0n) is 31.7. The second kappa shape index (κ2) is 15.0. The summed E-state index contributed by atoms with van der Waals surface area (Å²) in [7, 11) is 0. The van der Waals surface area contributed by atoms with Gasteiger partial charge in [0, 0.05) is 38.0 Å². The SMILES string of the molecule is C=C1C[C@@H]2CC[C@]34C[C@@H](O)C(O3)[C@H]3CC(O4)[C@H]4O[C@H](CC[C@@H]4O3)CC(=O)O[C@@H]3[C@@H](C)[C@@H]4O[C@H](CO)[C@H](O)C[C@@H]4O[C@H]3C[C@H]3O[C@@H](CC[C@@H]1O2)C[C@@H](C)C3=C. The van der Waals surface area contributed by atoms with Crippen LogP contribution >= 0.6 is 0 Å². The molecule has 0 saturated carbocycles. The van der Waals surface area contributed by atoms with E-state index in [-0.39, 0.29) is 79.7 Å². The van der Waals surface area contributed by atoms with Gasteiger partial charge in [-0.05, 0) is 62.0 Å². The van der Waals surface area contributed by atoms with Crippen molar-refractivity contribution in [2.45, 2.75) is 207 Å². The van der Waals surface area contributed by atoms with Crippen LogP contribution in [-0.4, -0.2) is 137 Å². The first kappa shape index (κ1) is 38.1. The smallest absolute Gasteiger partial charge is 0.308 e. The Morgan fingerprint density at radius 2 is 1.41 bits per heavy atom. The molecule has 13 heteroatoms. The molecule has 2 unspecified atom stereocenters. The third-order valence-electron chi connectivity index (χ3n) is 14.2. The number of aliphatic hydroxyl groups is 3. The second-order valence-corrected chi connectivity index (χ2v) is 17.9. The van der Waals surface area contributed by atoms with Crippen molar-refractivity contribution in [1.29, 1.82) is 0 Å². The third kappa shape index (κ3) is 7.16. The molecule has 54 heavy (non-hydrogen) atoms. The molecule has 302 valence electrons. The van der Waals surface area contributed by atoms with E-state index in [1.165, 1.54) is 0 Å². The summed E-state index contributed by atoms with van der Waals surface area (Å²) in [4.78, 5) is 13.9. The molecular formula is C41H60O13. The fourth-order valence-corrected chi connectivity index (χ4v) is 11.2. The van der Waals surface area contributed by atoms with Crippen LogP contribution in [0.1, 0.15) is 97.3 Å². The molecule has 0 radical (unpaired) electrons. The van der Waals surface area contributed by atoms with Gasteiger partial charge >= 0.3 is 5.97 Å². The first-order valence-corrected chi connectivity index (χ1v) is 20.8. The van der Waals surface area contributed by atoms with Crippen LogP contribution in [0, 0.1) is 11.8 Å². The number of carbonyl (C=O) groups is 1. The Morgan fingerprint density at radius 3 is 2.24 bits per heavy atom. The molecule has 9 heterocycles. The highest BCUT2D eigenvalue weighted by Crippen LogP contribution is 2.49.